The number of carbonyl (C=O) groups excluding carboxylic acids is 3. The smallest absolute Gasteiger partial charge is 0.391 e. The molecule has 260 valence electrons. The lowest BCUT2D eigenvalue weighted by Crippen LogP contribution is -2.38. The molecule has 3 N–H and O–H groups in total. The zero-order chi connectivity index (χ0) is 33.5. The van der Waals surface area contributed by atoms with Gasteiger partial charge in [-0.15, -0.1) is 0 Å². The number of amides is 3. The third-order valence-corrected chi connectivity index (χ3v) is 10.1. The number of β-amino-alcohol motifs (C(OH)–C–C–N with tert-alkyl or cyclic N) is 1. The standard InChI is InChI=1S/C27H49N3O13P2/c1-6-25(32)28-12-22(31)9-19(28)16-40-44(35,36)43-24-11-21(30(14-24)27(34)8-3)17-41-45(37,38)42-23-10-20(15-39-18(4)5)29(13-23)26(33)7-2/h18-24,31H,6-17H2,1-5H3,(H,35,36)(H,37,38)/t19-,20-,21-,22+,23+,24+/m0/s1. The highest BCUT2D eigenvalue weighted by molar-refractivity contribution is 7.47. The molecule has 18 heteroatoms. The Hall–Kier alpha value is -1.45. The maximum atomic E-state index is 12.9. The van der Waals surface area contributed by atoms with Crippen LogP contribution in [-0.2, 0) is 46.3 Å². The molecule has 3 heterocycles. The summed E-state index contributed by atoms with van der Waals surface area (Å²) in [6.45, 7) is 8.42. The average molecular weight is 686 g/mol. The van der Waals surface area contributed by atoms with Crippen LogP contribution in [0.1, 0.15) is 73.1 Å². The fourth-order valence-corrected chi connectivity index (χ4v) is 7.79. The highest BCUT2D eigenvalue weighted by atomic mass is 31.2. The predicted molar refractivity (Wildman–Crippen MR) is 160 cm³/mol. The second-order valence-electron chi connectivity index (χ2n) is 11.9. The van der Waals surface area contributed by atoms with E-state index in [0.717, 1.165) is 0 Å². The fraction of sp³-hybridized carbons (Fsp3) is 0.889. The molecule has 0 saturated carbocycles. The zero-order valence-electron chi connectivity index (χ0n) is 26.7. The van der Waals surface area contributed by atoms with Crippen LogP contribution in [-0.4, -0.2) is 129 Å². The monoisotopic (exact) mass is 685 g/mol. The third kappa shape index (κ3) is 11.1. The summed E-state index contributed by atoms with van der Waals surface area (Å²) in [7, 11) is -9.28. The number of aliphatic hydroxyl groups is 1. The van der Waals surface area contributed by atoms with E-state index in [2.05, 4.69) is 0 Å². The van der Waals surface area contributed by atoms with Gasteiger partial charge in [0.2, 0.25) is 17.7 Å². The molecule has 3 aliphatic rings. The van der Waals surface area contributed by atoms with Crippen molar-refractivity contribution in [2.45, 2.75) is 116 Å². The normalized spacial score (nSPS) is 29.8. The highest BCUT2D eigenvalue weighted by Gasteiger charge is 2.43. The molecule has 0 radical (unpaired) electrons. The van der Waals surface area contributed by atoms with Crippen molar-refractivity contribution in [2.24, 2.45) is 0 Å². The Kier molecular flexibility index (Phi) is 14.0. The number of phosphoric acid groups is 2. The molecule has 0 aromatic rings. The Labute approximate surface area is 264 Å². The fourth-order valence-electron chi connectivity index (χ4n) is 5.89. The third-order valence-electron chi connectivity index (χ3n) is 8.06. The second-order valence-corrected chi connectivity index (χ2v) is 14.7. The largest absolute Gasteiger partial charge is 0.472 e. The Balaban J connectivity index is 1.56. The first-order valence-corrected chi connectivity index (χ1v) is 18.6. The van der Waals surface area contributed by atoms with E-state index in [1.54, 1.807) is 25.7 Å². The van der Waals surface area contributed by atoms with Gasteiger partial charge in [0.15, 0.2) is 0 Å². The average Bonchev–Trinajstić information content (AvgIpc) is 3.68. The van der Waals surface area contributed by atoms with Crippen molar-refractivity contribution in [1.82, 2.24) is 14.7 Å². The summed E-state index contributed by atoms with van der Waals surface area (Å²) < 4.78 is 52.6. The topological polar surface area (TPSA) is 202 Å². The van der Waals surface area contributed by atoms with Gasteiger partial charge in [0.25, 0.3) is 0 Å². The number of likely N-dealkylation sites (tertiary alicyclic amines) is 3. The Morgan fingerprint density at radius 3 is 1.47 bits per heavy atom. The number of rotatable bonds is 16. The molecule has 3 saturated heterocycles. The molecule has 0 bridgehead atoms. The number of nitrogens with zero attached hydrogens (tertiary/aromatic N) is 3. The molecular weight excluding hydrogens is 636 g/mol. The SMILES string of the molecule is CCC(=O)N1C[C@H](O)C[C@H]1COP(=O)(O)O[C@@H]1C[C@@H](COP(=O)(O)O[C@@H]2C[C@@H](COC(C)C)N(C(=O)CC)C2)N(C(=O)CC)C1. The minimum absolute atomic E-state index is 0.0130. The predicted octanol–water partition coefficient (Wildman–Crippen LogP) is 1.81. The van der Waals surface area contributed by atoms with Gasteiger partial charge in [-0.3, -0.25) is 32.5 Å². The molecule has 8 atom stereocenters. The van der Waals surface area contributed by atoms with Crippen LogP contribution >= 0.6 is 15.6 Å². The van der Waals surface area contributed by atoms with Crippen LogP contribution in [0, 0.1) is 0 Å². The van der Waals surface area contributed by atoms with E-state index in [0.29, 0.717) is 0 Å². The summed E-state index contributed by atoms with van der Waals surface area (Å²) in [5.74, 6) is -0.662. The summed E-state index contributed by atoms with van der Waals surface area (Å²) in [5, 5.41) is 9.96. The minimum Gasteiger partial charge on any atom is -0.391 e. The van der Waals surface area contributed by atoms with Crippen LogP contribution in [0.4, 0.5) is 0 Å². The Bertz CT molecular complexity index is 1130. The molecule has 16 nitrogen and oxygen atoms in total. The van der Waals surface area contributed by atoms with Gasteiger partial charge in [-0.1, -0.05) is 20.8 Å². The molecule has 0 aliphatic carbocycles. The minimum atomic E-state index is -4.65. The summed E-state index contributed by atoms with van der Waals surface area (Å²) >= 11 is 0. The molecular formula is C27H49N3O13P2. The number of hydrogen-bond acceptors (Lipinski definition) is 11. The van der Waals surface area contributed by atoms with E-state index < -0.39 is 52.6 Å². The van der Waals surface area contributed by atoms with Gasteiger partial charge in [0.05, 0.1) is 62.4 Å². The van der Waals surface area contributed by atoms with E-state index in [-0.39, 0.29) is 101 Å². The Morgan fingerprint density at radius 2 is 1.07 bits per heavy atom. The summed E-state index contributed by atoms with van der Waals surface area (Å²) in [4.78, 5) is 62.5. The van der Waals surface area contributed by atoms with E-state index in [1.807, 2.05) is 13.8 Å². The summed E-state index contributed by atoms with van der Waals surface area (Å²) in [6, 6.07) is -1.67. The molecule has 2 unspecified atom stereocenters. The van der Waals surface area contributed by atoms with E-state index in [4.69, 9.17) is 22.8 Å². The van der Waals surface area contributed by atoms with Gasteiger partial charge in [0, 0.05) is 38.9 Å². The van der Waals surface area contributed by atoms with Crippen molar-refractivity contribution in [3.05, 3.63) is 0 Å². The zero-order valence-corrected chi connectivity index (χ0v) is 28.5. The summed E-state index contributed by atoms with van der Waals surface area (Å²) in [5.41, 5.74) is 0. The molecule has 0 spiro atoms. The van der Waals surface area contributed by atoms with E-state index >= 15 is 0 Å². The van der Waals surface area contributed by atoms with Crippen molar-refractivity contribution in [3.8, 4) is 0 Å². The number of hydrogen-bond donors (Lipinski definition) is 3. The van der Waals surface area contributed by atoms with Gasteiger partial charge in [-0.05, 0) is 33.1 Å². The Morgan fingerprint density at radius 1 is 0.689 bits per heavy atom. The van der Waals surface area contributed by atoms with Gasteiger partial charge in [-0.2, -0.15) is 0 Å². The number of phosphoric ester groups is 2. The van der Waals surface area contributed by atoms with Gasteiger partial charge in [0.1, 0.15) is 0 Å². The molecule has 45 heavy (non-hydrogen) atoms. The molecule has 3 fully saturated rings. The second kappa shape index (κ2) is 16.6. The maximum absolute atomic E-state index is 12.9. The van der Waals surface area contributed by atoms with Crippen molar-refractivity contribution in [3.63, 3.8) is 0 Å². The molecule has 3 rings (SSSR count). The number of aliphatic hydroxyl groups excluding tert-OH is 1. The first-order chi connectivity index (χ1) is 21.1. The molecule has 3 aliphatic heterocycles. The van der Waals surface area contributed by atoms with Crippen LogP contribution in [0.15, 0.2) is 0 Å². The molecule has 0 aromatic carbocycles. The number of carbonyl (C=O) groups is 3. The van der Waals surface area contributed by atoms with Crippen LogP contribution in [0.3, 0.4) is 0 Å². The van der Waals surface area contributed by atoms with Gasteiger partial charge < -0.3 is 34.3 Å². The van der Waals surface area contributed by atoms with E-state index in [1.165, 1.54) is 9.80 Å². The van der Waals surface area contributed by atoms with Crippen molar-refractivity contribution in [2.75, 3.05) is 39.5 Å². The van der Waals surface area contributed by atoms with Gasteiger partial charge >= 0.3 is 15.6 Å². The van der Waals surface area contributed by atoms with Crippen LogP contribution in [0.2, 0.25) is 0 Å². The maximum Gasteiger partial charge on any atom is 0.472 e. The van der Waals surface area contributed by atoms with E-state index in [9.17, 15) is 38.4 Å². The highest BCUT2D eigenvalue weighted by Crippen LogP contribution is 2.49. The lowest BCUT2D eigenvalue weighted by Gasteiger charge is -2.25. The lowest BCUT2D eigenvalue weighted by atomic mass is 10.2. The van der Waals surface area contributed by atoms with Crippen LogP contribution < -0.4 is 0 Å². The van der Waals surface area contributed by atoms with Crippen LogP contribution in [0.25, 0.3) is 0 Å². The van der Waals surface area contributed by atoms with Crippen molar-refractivity contribution >= 4 is 33.4 Å². The lowest BCUT2D eigenvalue weighted by molar-refractivity contribution is -0.133. The van der Waals surface area contributed by atoms with Crippen molar-refractivity contribution in [1.29, 1.82) is 0 Å². The van der Waals surface area contributed by atoms with Crippen LogP contribution in [0.5, 0.6) is 0 Å². The van der Waals surface area contributed by atoms with Crippen molar-refractivity contribution < 1.29 is 61.2 Å². The quantitative estimate of drug-likeness (QED) is 0.199. The van der Waals surface area contributed by atoms with Gasteiger partial charge in [-0.25, -0.2) is 9.13 Å². The first-order valence-electron chi connectivity index (χ1n) is 15.6. The summed E-state index contributed by atoms with van der Waals surface area (Å²) in [6.07, 6.45) is -1.48. The first kappa shape index (κ1) is 38.0. The molecule has 3 amide bonds. The number of ether oxygens (including phenoxy) is 1. The molecule has 0 aromatic heterocycles.